The van der Waals surface area contributed by atoms with Crippen LogP contribution in [0.1, 0.15) is 76.9 Å². The van der Waals surface area contributed by atoms with Gasteiger partial charge in [-0.25, -0.2) is 4.79 Å². The van der Waals surface area contributed by atoms with Crippen LogP contribution in [0.3, 0.4) is 0 Å². The first-order valence-electron chi connectivity index (χ1n) is 10.6. The van der Waals surface area contributed by atoms with Crippen molar-refractivity contribution in [3.63, 3.8) is 0 Å². The van der Waals surface area contributed by atoms with Crippen LogP contribution >= 0.6 is 27.3 Å². The number of carboxylic acid groups (broad SMARTS) is 1. The van der Waals surface area contributed by atoms with Gasteiger partial charge in [0.15, 0.2) is 0 Å². The molecule has 0 bridgehead atoms. The van der Waals surface area contributed by atoms with Crippen molar-refractivity contribution < 1.29 is 19.8 Å². The van der Waals surface area contributed by atoms with Crippen LogP contribution in [0.5, 0.6) is 0 Å². The van der Waals surface area contributed by atoms with E-state index in [4.69, 9.17) is 0 Å². The standard InChI is InChI=1S/C25H28BrNO4S/c1-15-5-10-19(20(26)13-15)23(29)27(16-6-8-17(28)9-7-16)21-14-18(11-12-25(2,3)4)32-22(21)24(30)31/h5,10,13-14,16-17,28H,6-9H2,1-4H3,(H,30,31)/t16-,17-. The summed E-state index contributed by atoms with van der Waals surface area (Å²) in [6, 6.07) is 7.03. The van der Waals surface area contributed by atoms with Gasteiger partial charge in [-0.2, -0.15) is 0 Å². The predicted molar refractivity (Wildman–Crippen MR) is 132 cm³/mol. The lowest BCUT2D eigenvalue weighted by Gasteiger charge is -2.36. The van der Waals surface area contributed by atoms with Gasteiger partial charge in [0.2, 0.25) is 0 Å². The Labute approximate surface area is 201 Å². The molecule has 0 atom stereocenters. The number of hydrogen-bond donors (Lipinski definition) is 2. The molecule has 0 spiro atoms. The molecule has 1 aliphatic rings. The minimum absolute atomic E-state index is 0.103. The van der Waals surface area contributed by atoms with Crippen molar-refractivity contribution in [2.24, 2.45) is 5.41 Å². The number of halogens is 1. The molecule has 5 nitrogen and oxygen atoms in total. The number of rotatable bonds is 4. The zero-order valence-electron chi connectivity index (χ0n) is 18.7. The first kappa shape index (κ1) is 24.5. The van der Waals surface area contributed by atoms with Crippen LogP contribution in [0, 0.1) is 24.2 Å². The highest BCUT2D eigenvalue weighted by atomic mass is 79.9. The Kier molecular flexibility index (Phi) is 7.49. The molecule has 32 heavy (non-hydrogen) atoms. The molecule has 0 saturated heterocycles. The fourth-order valence-electron chi connectivity index (χ4n) is 3.74. The number of aliphatic hydroxyl groups is 1. The molecular weight excluding hydrogens is 490 g/mol. The average molecular weight is 518 g/mol. The average Bonchev–Trinajstić information content (AvgIpc) is 3.12. The molecule has 7 heteroatoms. The lowest BCUT2D eigenvalue weighted by molar-refractivity contribution is 0.0702. The lowest BCUT2D eigenvalue weighted by atomic mass is 9.91. The summed E-state index contributed by atoms with van der Waals surface area (Å²) in [5.74, 6) is 4.89. The minimum atomic E-state index is -1.08. The maximum atomic E-state index is 13.8. The van der Waals surface area contributed by atoms with Crippen molar-refractivity contribution in [1.29, 1.82) is 0 Å². The van der Waals surface area contributed by atoms with Gasteiger partial charge in [0.05, 0.1) is 22.2 Å². The van der Waals surface area contributed by atoms with E-state index in [1.807, 2.05) is 39.8 Å². The number of thiophene rings is 1. The van der Waals surface area contributed by atoms with Gasteiger partial charge in [0, 0.05) is 15.9 Å². The first-order chi connectivity index (χ1) is 15.0. The lowest BCUT2D eigenvalue weighted by Crippen LogP contribution is -2.44. The van der Waals surface area contributed by atoms with Crippen LogP contribution in [0.15, 0.2) is 28.7 Å². The fourth-order valence-corrected chi connectivity index (χ4v) is 5.24. The van der Waals surface area contributed by atoms with Crippen LogP contribution in [0.4, 0.5) is 5.69 Å². The van der Waals surface area contributed by atoms with E-state index in [1.54, 1.807) is 17.0 Å². The highest BCUT2D eigenvalue weighted by Crippen LogP contribution is 2.37. The van der Waals surface area contributed by atoms with Crippen LogP contribution in [0.2, 0.25) is 0 Å². The molecule has 0 aliphatic heterocycles. The number of carbonyl (C=O) groups excluding carboxylic acids is 1. The number of hydrogen-bond acceptors (Lipinski definition) is 4. The van der Waals surface area contributed by atoms with Gasteiger partial charge < -0.3 is 15.1 Å². The van der Waals surface area contributed by atoms with Crippen molar-refractivity contribution >= 4 is 44.8 Å². The van der Waals surface area contributed by atoms with Crippen LogP contribution in [-0.4, -0.2) is 34.2 Å². The van der Waals surface area contributed by atoms with E-state index >= 15 is 0 Å². The Morgan fingerprint density at radius 1 is 1.16 bits per heavy atom. The van der Waals surface area contributed by atoms with Gasteiger partial charge in [-0.05, 0) is 93.1 Å². The van der Waals surface area contributed by atoms with Crippen LogP contribution in [-0.2, 0) is 0 Å². The summed E-state index contributed by atoms with van der Waals surface area (Å²) >= 11 is 4.59. The second-order valence-electron chi connectivity index (χ2n) is 9.25. The molecule has 1 aliphatic carbocycles. The molecule has 0 unspecified atom stereocenters. The monoisotopic (exact) mass is 517 g/mol. The third kappa shape index (κ3) is 5.80. The zero-order valence-corrected chi connectivity index (χ0v) is 21.1. The Bertz CT molecular complexity index is 1080. The highest BCUT2D eigenvalue weighted by molar-refractivity contribution is 9.10. The summed E-state index contributed by atoms with van der Waals surface area (Å²) in [5, 5.41) is 19.9. The third-order valence-corrected chi connectivity index (χ3v) is 7.02. The molecule has 0 radical (unpaired) electrons. The molecule has 1 heterocycles. The number of aliphatic hydroxyl groups excluding tert-OH is 1. The second-order valence-corrected chi connectivity index (χ2v) is 11.2. The molecule has 3 rings (SSSR count). The Morgan fingerprint density at radius 3 is 2.38 bits per heavy atom. The number of benzene rings is 1. The van der Waals surface area contributed by atoms with E-state index in [2.05, 4.69) is 27.8 Å². The SMILES string of the molecule is Cc1ccc(C(=O)N(c2cc(C#CC(C)(C)C)sc2C(=O)O)[C@H]2CC[C@H](O)CC2)c(Br)c1. The molecular formula is C25H28BrNO4S. The number of anilines is 1. The van der Waals surface area contributed by atoms with E-state index in [1.165, 1.54) is 0 Å². The van der Waals surface area contributed by atoms with Crippen molar-refractivity contribution in [1.82, 2.24) is 0 Å². The van der Waals surface area contributed by atoms with Gasteiger partial charge in [-0.15, -0.1) is 11.3 Å². The second kappa shape index (κ2) is 9.78. The Balaban J connectivity index is 2.12. The maximum Gasteiger partial charge on any atom is 0.348 e. The van der Waals surface area contributed by atoms with Gasteiger partial charge in [0.25, 0.3) is 5.91 Å². The maximum absolute atomic E-state index is 13.8. The molecule has 1 aromatic heterocycles. The highest BCUT2D eigenvalue weighted by Gasteiger charge is 2.34. The number of aromatic carboxylic acids is 1. The van der Waals surface area contributed by atoms with Crippen LogP contribution in [0.25, 0.3) is 0 Å². The summed E-state index contributed by atoms with van der Waals surface area (Å²) in [6.45, 7) is 7.92. The van der Waals surface area contributed by atoms with E-state index in [0.717, 1.165) is 16.9 Å². The van der Waals surface area contributed by atoms with Gasteiger partial charge >= 0.3 is 5.97 Å². The number of carbonyl (C=O) groups is 2. The molecule has 170 valence electrons. The van der Waals surface area contributed by atoms with Gasteiger partial charge in [-0.1, -0.05) is 17.9 Å². The predicted octanol–water partition coefficient (Wildman–Crippen LogP) is 5.87. The zero-order chi connectivity index (χ0) is 23.6. The van der Waals surface area contributed by atoms with E-state index in [9.17, 15) is 19.8 Å². The van der Waals surface area contributed by atoms with Crippen molar-refractivity contribution in [3.8, 4) is 11.8 Å². The van der Waals surface area contributed by atoms with Gasteiger partial charge in [-0.3, -0.25) is 4.79 Å². The van der Waals surface area contributed by atoms with Crippen molar-refractivity contribution in [3.05, 3.63) is 49.6 Å². The van der Waals surface area contributed by atoms with Crippen molar-refractivity contribution in [2.75, 3.05) is 4.90 Å². The molecule has 1 amide bonds. The number of amides is 1. The topological polar surface area (TPSA) is 77.8 Å². The number of carboxylic acids is 1. The largest absolute Gasteiger partial charge is 0.477 e. The quantitative estimate of drug-likeness (QED) is 0.497. The number of nitrogens with zero attached hydrogens (tertiary/aromatic N) is 1. The first-order valence-corrected chi connectivity index (χ1v) is 12.3. The summed E-state index contributed by atoms with van der Waals surface area (Å²) in [5.41, 5.74) is 1.64. The molecule has 1 fully saturated rings. The number of aryl methyl sites for hydroxylation is 1. The van der Waals surface area contributed by atoms with Crippen molar-refractivity contribution in [2.45, 2.75) is 65.5 Å². The third-order valence-electron chi connectivity index (χ3n) is 5.33. The van der Waals surface area contributed by atoms with Crippen LogP contribution < -0.4 is 4.90 Å². The normalized spacial score (nSPS) is 18.6. The van der Waals surface area contributed by atoms with Gasteiger partial charge in [0.1, 0.15) is 4.88 Å². The van der Waals surface area contributed by atoms with E-state index in [0.29, 0.717) is 46.3 Å². The van der Waals surface area contributed by atoms with E-state index in [-0.39, 0.29) is 28.3 Å². The van der Waals surface area contributed by atoms with E-state index < -0.39 is 5.97 Å². The molecule has 2 aromatic rings. The fraction of sp³-hybridized carbons (Fsp3) is 0.440. The molecule has 1 saturated carbocycles. The Morgan fingerprint density at radius 2 is 1.81 bits per heavy atom. The summed E-state index contributed by atoms with van der Waals surface area (Å²) in [7, 11) is 0. The summed E-state index contributed by atoms with van der Waals surface area (Å²) in [4.78, 5) is 28.2. The molecule has 2 N–H and O–H groups in total. The minimum Gasteiger partial charge on any atom is -0.477 e. The summed E-state index contributed by atoms with van der Waals surface area (Å²) in [6.07, 6.45) is 1.98. The smallest absolute Gasteiger partial charge is 0.348 e. The Hall–Kier alpha value is -2.14. The molecule has 1 aromatic carbocycles. The summed E-state index contributed by atoms with van der Waals surface area (Å²) < 4.78 is 0.670.